The molecule has 4 aliphatic heterocycles. The van der Waals surface area contributed by atoms with Crippen LogP contribution in [-0.2, 0) is 14.4 Å². The van der Waals surface area contributed by atoms with Crippen molar-refractivity contribution in [1.29, 1.82) is 5.41 Å². The molecule has 15 nitrogen and oxygen atoms in total. The van der Waals surface area contributed by atoms with Gasteiger partial charge in [-0.15, -0.1) is 0 Å². The molecule has 5 heterocycles. The number of anilines is 2. The third-order valence-corrected chi connectivity index (χ3v) is 11.5. The minimum absolute atomic E-state index is 0.0720. The Morgan fingerprint density at radius 2 is 1.68 bits per heavy atom. The number of carbonyl (C=O) groups is 5. The highest BCUT2D eigenvalue weighted by atomic mass is 16.2. The maximum atomic E-state index is 13.1. The molecule has 5 N–H and O–H groups in total. The lowest BCUT2D eigenvalue weighted by Gasteiger charge is -2.32. The van der Waals surface area contributed by atoms with Gasteiger partial charge in [0.25, 0.3) is 11.8 Å². The molecule has 0 spiro atoms. The molecule has 1 atom stereocenters. The number of fused-ring (bicyclic) bond motifs is 2. The molecule has 1 saturated carbocycles. The first-order valence-electron chi connectivity index (χ1n) is 19.9. The van der Waals surface area contributed by atoms with Gasteiger partial charge in [0.15, 0.2) is 0 Å². The molecule has 56 heavy (non-hydrogen) atoms. The standard InChI is InChI=1S/C41H48N10O5/c42-38(25-4-5-25)31(34-24-46-32-9-7-28(22-33(32)47-34)49-19-15-43-16-20-49)23-45-26-12-17-50(18-13-26)37(53)3-1-2-14-44-27-6-8-29-30(21-27)41(56)51(40(29)55)35-10-11-36(52)48-39(35)54/h6-9,21-26,35,42-45H,1-5,10-20H2,(H,48,52,54)/b31-23-,42-38?. The van der Waals surface area contributed by atoms with Gasteiger partial charge in [0, 0.05) is 99.5 Å². The Kier molecular flexibility index (Phi) is 10.8. The van der Waals surface area contributed by atoms with Crippen molar-refractivity contribution in [1.82, 2.24) is 35.7 Å². The van der Waals surface area contributed by atoms with Crippen molar-refractivity contribution in [3.63, 3.8) is 0 Å². The number of hydrogen-bond acceptors (Lipinski definition) is 12. The summed E-state index contributed by atoms with van der Waals surface area (Å²) < 4.78 is 0. The van der Waals surface area contributed by atoms with Crippen molar-refractivity contribution in [3.8, 4) is 0 Å². The van der Waals surface area contributed by atoms with E-state index in [1.807, 2.05) is 17.2 Å². The Labute approximate surface area is 325 Å². The number of piperazine rings is 1. The van der Waals surface area contributed by atoms with E-state index >= 15 is 0 Å². The maximum absolute atomic E-state index is 13.1. The van der Waals surface area contributed by atoms with Crippen LogP contribution in [0.4, 0.5) is 11.4 Å². The Balaban J connectivity index is 0.797. The van der Waals surface area contributed by atoms with Gasteiger partial charge in [-0.2, -0.15) is 0 Å². The summed E-state index contributed by atoms with van der Waals surface area (Å²) in [6, 6.07) is 10.4. The zero-order valence-electron chi connectivity index (χ0n) is 31.4. The van der Waals surface area contributed by atoms with Crippen LogP contribution in [0.1, 0.15) is 84.2 Å². The summed E-state index contributed by atoms with van der Waals surface area (Å²) in [6.45, 7) is 5.74. The van der Waals surface area contributed by atoms with Crippen LogP contribution in [0.2, 0.25) is 0 Å². The van der Waals surface area contributed by atoms with Gasteiger partial charge < -0.3 is 31.2 Å². The summed E-state index contributed by atoms with van der Waals surface area (Å²) in [5, 5.41) is 21.4. The monoisotopic (exact) mass is 760 g/mol. The van der Waals surface area contributed by atoms with E-state index in [1.165, 1.54) is 0 Å². The molecule has 5 aliphatic rings. The highest BCUT2D eigenvalue weighted by molar-refractivity contribution is 6.24. The molecule has 0 bridgehead atoms. The molecular weight excluding hydrogens is 713 g/mol. The molecule has 1 aromatic heterocycles. The number of benzene rings is 2. The first-order chi connectivity index (χ1) is 27.2. The number of piperidine rings is 2. The molecule has 1 aliphatic carbocycles. The molecule has 3 aromatic rings. The Bertz CT molecular complexity index is 2100. The van der Waals surface area contributed by atoms with Crippen LogP contribution >= 0.6 is 0 Å². The van der Waals surface area contributed by atoms with Crippen LogP contribution in [-0.4, -0.2) is 113 Å². The quantitative estimate of drug-likeness (QED) is 0.0978. The number of unbranched alkanes of at least 4 members (excludes halogenated alkanes) is 1. The van der Waals surface area contributed by atoms with Gasteiger partial charge in [0.05, 0.1) is 34.1 Å². The van der Waals surface area contributed by atoms with E-state index in [1.54, 1.807) is 24.4 Å². The van der Waals surface area contributed by atoms with Gasteiger partial charge >= 0.3 is 0 Å². The van der Waals surface area contributed by atoms with Gasteiger partial charge in [-0.25, -0.2) is 4.98 Å². The van der Waals surface area contributed by atoms with E-state index < -0.39 is 29.7 Å². The molecule has 3 saturated heterocycles. The van der Waals surface area contributed by atoms with Gasteiger partial charge in [-0.1, -0.05) is 0 Å². The van der Waals surface area contributed by atoms with Crippen molar-refractivity contribution in [2.75, 3.05) is 56.0 Å². The fourth-order valence-electron chi connectivity index (χ4n) is 8.00. The van der Waals surface area contributed by atoms with Crippen LogP contribution in [0.3, 0.4) is 0 Å². The average molecular weight is 761 g/mol. The van der Waals surface area contributed by atoms with Crippen LogP contribution in [0.25, 0.3) is 16.6 Å². The van der Waals surface area contributed by atoms with Crippen molar-refractivity contribution in [3.05, 3.63) is 65.6 Å². The van der Waals surface area contributed by atoms with Crippen molar-refractivity contribution < 1.29 is 24.0 Å². The summed E-state index contributed by atoms with van der Waals surface area (Å²) in [5.41, 5.74) is 6.04. The molecule has 1 unspecified atom stereocenters. The number of hydrogen-bond donors (Lipinski definition) is 5. The lowest BCUT2D eigenvalue weighted by molar-refractivity contribution is -0.136. The second-order valence-corrected chi connectivity index (χ2v) is 15.3. The summed E-state index contributed by atoms with van der Waals surface area (Å²) in [6.07, 6.45) is 9.46. The van der Waals surface area contributed by atoms with Gasteiger partial charge in [0.2, 0.25) is 17.7 Å². The normalized spacial score (nSPS) is 20.7. The minimum atomic E-state index is -0.999. The summed E-state index contributed by atoms with van der Waals surface area (Å²) in [7, 11) is 0. The number of nitrogens with zero attached hydrogens (tertiary/aromatic N) is 5. The molecular formula is C41H48N10O5. The number of likely N-dealkylation sites (tertiary alicyclic amines) is 1. The summed E-state index contributed by atoms with van der Waals surface area (Å²) >= 11 is 0. The maximum Gasteiger partial charge on any atom is 0.262 e. The van der Waals surface area contributed by atoms with E-state index in [2.05, 4.69) is 38.3 Å². The van der Waals surface area contributed by atoms with Gasteiger partial charge in [0.1, 0.15) is 6.04 Å². The summed E-state index contributed by atoms with van der Waals surface area (Å²) in [4.78, 5) is 78.0. The van der Waals surface area contributed by atoms with Crippen LogP contribution in [0.5, 0.6) is 0 Å². The minimum Gasteiger partial charge on any atom is -0.387 e. The second kappa shape index (κ2) is 16.2. The highest BCUT2D eigenvalue weighted by Gasteiger charge is 2.44. The smallest absolute Gasteiger partial charge is 0.262 e. The van der Waals surface area contributed by atoms with E-state index in [0.29, 0.717) is 49.6 Å². The van der Waals surface area contributed by atoms with Crippen molar-refractivity contribution in [2.45, 2.75) is 69.9 Å². The predicted molar refractivity (Wildman–Crippen MR) is 211 cm³/mol. The predicted octanol–water partition coefficient (Wildman–Crippen LogP) is 3.07. The number of rotatable bonds is 13. The number of amides is 5. The lowest BCUT2D eigenvalue weighted by Crippen LogP contribution is -2.54. The third-order valence-electron chi connectivity index (χ3n) is 11.5. The van der Waals surface area contributed by atoms with Crippen LogP contribution in [0, 0.1) is 11.3 Å². The van der Waals surface area contributed by atoms with Crippen LogP contribution < -0.4 is 26.2 Å². The summed E-state index contributed by atoms with van der Waals surface area (Å²) in [5.74, 6) is -1.73. The number of nitrogens with one attached hydrogen (secondary N) is 5. The Morgan fingerprint density at radius 3 is 2.45 bits per heavy atom. The van der Waals surface area contributed by atoms with Crippen molar-refractivity contribution >= 4 is 63.2 Å². The molecule has 0 radical (unpaired) electrons. The largest absolute Gasteiger partial charge is 0.387 e. The van der Waals surface area contributed by atoms with Gasteiger partial charge in [-0.05, 0) is 81.3 Å². The first-order valence-corrected chi connectivity index (χ1v) is 19.9. The highest BCUT2D eigenvalue weighted by Crippen LogP contribution is 2.35. The SMILES string of the molecule is N=C(/C(=C\NC1CCN(C(=O)CCCCNc2ccc3c(c2)C(=O)N(C2CCC(=O)NC2=O)C3=O)CC1)c1cnc2ccc(N3CCNCC3)cc2n1)C1CC1. The number of carbonyl (C=O) groups excluding carboxylic acids is 5. The topological polar surface area (TPSA) is 193 Å². The zero-order chi connectivity index (χ0) is 38.8. The van der Waals surface area contributed by atoms with Crippen molar-refractivity contribution in [2.24, 2.45) is 5.92 Å². The Hall–Kier alpha value is -5.70. The van der Waals surface area contributed by atoms with E-state index in [0.717, 1.165) is 85.5 Å². The fourth-order valence-corrected chi connectivity index (χ4v) is 8.00. The lowest BCUT2D eigenvalue weighted by atomic mass is 10.0. The number of allylic oxidation sites excluding steroid dienone is 1. The van der Waals surface area contributed by atoms with Crippen LogP contribution in [0.15, 0.2) is 48.8 Å². The van der Waals surface area contributed by atoms with E-state index in [-0.39, 0.29) is 41.8 Å². The van der Waals surface area contributed by atoms with Gasteiger partial charge in [-0.3, -0.25) is 39.2 Å². The molecule has 2 aromatic carbocycles. The van der Waals surface area contributed by atoms with E-state index in [9.17, 15) is 24.0 Å². The molecule has 15 heteroatoms. The first kappa shape index (κ1) is 37.2. The number of imide groups is 2. The molecule has 8 rings (SSSR count). The third kappa shape index (κ3) is 7.99. The molecule has 4 fully saturated rings. The van der Waals surface area contributed by atoms with E-state index in [4.69, 9.17) is 15.4 Å². The second-order valence-electron chi connectivity index (χ2n) is 15.3. The average Bonchev–Trinajstić information content (AvgIpc) is 4.04. The molecule has 5 amide bonds. The number of aromatic nitrogens is 2. The Morgan fingerprint density at radius 1 is 0.893 bits per heavy atom. The zero-order valence-corrected chi connectivity index (χ0v) is 31.4. The fraction of sp³-hybridized carbons (Fsp3) is 0.463. The molecule has 292 valence electrons.